The van der Waals surface area contributed by atoms with Crippen LogP contribution in [0.2, 0.25) is 0 Å². The molecule has 0 saturated heterocycles. The van der Waals surface area contributed by atoms with Crippen molar-refractivity contribution in [2.75, 3.05) is 13.2 Å². The van der Waals surface area contributed by atoms with Crippen LogP contribution >= 0.6 is 0 Å². The fourth-order valence-electron chi connectivity index (χ4n) is 3.00. The highest BCUT2D eigenvalue weighted by atomic mass is 16.5. The molecule has 0 aliphatic rings. The van der Waals surface area contributed by atoms with Gasteiger partial charge in [0.1, 0.15) is 0 Å². The Hall–Kier alpha value is -0.300. The molecule has 0 heterocycles. The lowest BCUT2D eigenvalue weighted by molar-refractivity contribution is 0.157. The molecule has 0 N–H and O–H groups in total. The van der Waals surface area contributed by atoms with Gasteiger partial charge in [-0.2, -0.15) is 0 Å². The summed E-state index contributed by atoms with van der Waals surface area (Å²) in [7, 11) is 0. The van der Waals surface area contributed by atoms with Crippen LogP contribution < -0.4 is 0 Å². The molecule has 0 spiro atoms. The molecule has 23 heavy (non-hydrogen) atoms. The molecule has 0 fully saturated rings. The van der Waals surface area contributed by atoms with Crippen LogP contribution in [-0.4, -0.2) is 13.2 Å². The van der Waals surface area contributed by atoms with E-state index in [-0.39, 0.29) is 0 Å². The smallest absolute Gasteiger partial charge is 0.0647 e. The number of unbranched alkanes of at least 4 members (excludes halogenated alkanes) is 15. The van der Waals surface area contributed by atoms with Crippen LogP contribution in [0.15, 0.2) is 12.2 Å². The van der Waals surface area contributed by atoms with E-state index in [9.17, 15) is 0 Å². The van der Waals surface area contributed by atoms with Crippen LogP contribution in [0.1, 0.15) is 117 Å². The summed E-state index contributed by atoms with van der Waals surface area (Å²) in [6.07, 6.45) is 26.9. The minimum atomic E-state index is 0.787. The molecule has 0 aromatic rings. The Morgan fingerprint density at radius 2 is 0.957 bits per heavy atom. The van der Waals surface area contributed by atoms with E-state index < -0.39 is 0 Å². The van der Waals surface area contributed by atoms with E-state index in [0.717, 1.165) is 13.2 Å². The van der Waals surface area contributed by atoms with Gasteiger partial charge in [0.25, 0.3) is 0 Å². The Bertz CT molecular complexity index is 222. The molecule has 138 valence electrons. The number of ether oxygens (including phenoxy) is 1. The summed E-state index contributed by atoms with van der Waals surface area (Å²) in [6.45, 7) is 6.05. The normalized spacial score (nSPS) is 11.6. The lowest BCUT2D eigenvalue weighted by Gasteiger charge is -2.04. The maximum atomic E-state index is 5.51. The monoisotopic (exact) mass is 324 g/mol. The second-order valence-corrected chi connectivity index (χ2v) is 6.95. The largest absolute Gasteiger partial charge is 0.377 e. The van der Waals surface area contributed by atoms with Crippen molar-refractivity contribution in [2.45, 2.75) is 117 Å². The van der Waals surface area contributed by atoms with Crippen LogP contribution in [0.4, 0.5) is 0 Å². The highest BCUT2D eigenvalue weighted by Gasteiger charge is 1.94. The summed E-state index contributed by atoms with van der Waals surface area (Å²) in [5.41, 5.74) is 0. The van der Waals surface area contributed by atoms with Crippen LogP contribution in [0.3, 0.4) is 0 Å². The molecule has 0 aromatic heterocycles. The molecular formula is C22H44O. The first-order chi connectivity index (χ1) is 11.4. The summed E-state index contributed by atoms with van der Waals surface area (Å²) < 4.78 is 5.51. The standard InChI is InChI=1S/C22H44O/c1-3-5-7-8-9-10-11-12-13-14-15-16-17-18-19-20-22-23-21-6-4-2/h4,6H,3,5,7-22H2,1-2H3/b6-4+. The van der Waals surface area contributed by atoms with Gasteiger partial charge in [0.05, 0.1) is 6.61 Å². The van der Waals surface area contributed by atoms with E-state index in [4.69, 9.17) is 4.74 Å². The molecule has 0 aliphatic heterocycles. The number of hydrogen-bond acceptors (Lipinski definition) is 1. The average Bonchev–Trinajstić information content (AvgIpc) is 2.57. The molecule has 1 nitrogen and oxygen atoms in total. The third-order valence-corrected chi connectivity index (χ3v) is 4.59. The topological polar surface area (TPSA) is 9.23 Å². The van der Waals surface area contributed by atoms with Crippen molar-refractivity contribution < 1.29 is 4.74 Å². The summed E-state index contributed by atoms with van der Waals surface area (Å²) >= 11 is 0. The van der Waals surface area contributed by atoms with Crippen molar-refractivity contribution in [2.24, 2.45) is 0 Å². The van der Waals surface area contributed by atoms with Crippen molar-refractivity contribution in [1.82, 2.24) is 0 Å². The molecule has 0 amide bonds. The molecule has 0 bridgehead atoms. The highest BCUT2D eigenvalue weighted by molar-refractivity contribution is 4.75. The van der Waals surface area contributed by atoms with E-state index in [0.29, 0.717) is 0 Å². The zero-order valence-corrected chi connectivity index (χ0v) is 16.3. The van der Waals surface area contributed by atoms with Crippen LogP contribution in [0, 0.1) is 0 Å². The first-order valence-electron chi connectivity index (χ1n) is 10.6. The molecule has 0 radical (unpaired) electrons. The Balaban J connectivity index is 2.95. The first-order valence-corrected chi connectivity index (χ1v) is 10.6. The zero-order valence-electron chi connectivity index (χ0n) is 16.3. The number of rotatable bonds is 19. The fourth-order valence-corrected chi connectivity index (χ4v) is 3.00. The van der Waals surface area contributed by atoms with Gasteiger partial charge in [-0.1, -0.05) is 115 Å². The summed E-state index contributed by atoms with van der Waals surface area (Å²) in [4.78, 5) is 0. The van der Waals surface area contributed by atoms with E-state index in [1.807, 2.05) is 13.0 Å². The quantitative estimate of drug-likeness (QED) is 0.174. The molecule has 0 aromatic carbocycles. The zero-order chi connectivity index (χ0) is 16.8. The second-order valence-electron chi connectivity index (χ2n) is 6.95. The SMILES string of the molecule is C/C=C/COCCCCCCCCCCCCCCCCCC. The van der Waals surface area contributed by atoms with Gasteiger partial charge in [0.15, 0.2) is 0 Å². The van der Waals surface area contributed by atoms with Crippen LogP contribution in [0.5, 0.6) is 0 Å². The van der Waals surface area contributed by atoms with Gasteiger partial charge in [-0.25, -0.2) is 0 Å². The third kappa shape index (κ3) is 21.7. The predicted octanol–water partition coefficient (Wildman–Crippen LogP) is 7.84. The van der Waals surface area contributed by atoms with Gasteiger partial charge in [-0.3, -0.25) is 0 Å². The molecule has 1 heteroatoms. The number of allylic oxidation sites excluding steroid dienone is 1. The first kappa shape index (κ1) is 22.7. The molecule has 0 atom stereocenters. The number of hydrogen-bond donors (Lipinski definition) is 0. The van der Waals surface area contributed by atoms with Gasteiger partial charge in [-0.15, -0.1) is 0 Å². The summed E-state index contributed by atoms with van der Waals surface area (Å²) in [6, 6.07) is 0. The third-order valence-electron chi connectivity index (χ3n) is 4.59. The maximum Gasteiger partial charge on any atom is 0.0647 e. The predicted molar refractivity (Wildman–Crippen MR) is 105 cm³/mol. The van der Waals surface area contributed by atoms with Crippen molar-refractivity contribution in [3.8, 4) is 0 Å². The van der Waals surface area contributed by atoms with Gasteiger partial charge < -0.3 is 4.74 Å². The van der Waals surface area contributed by atoms with Crippen molar-refractivity contribution in [3.63, 3.8) is 0 Å². The lowest BCUT2D eigenvalue weighted by atomic mass is 10.0. The molecule has 0 unspecified atom stereocenters. The Labute approximate surface area is 147 Å². The highest BCUT2D eigenvalue weighted by Crippen LogP contribution is 2.13. The molecule has 0 aliphatic carbocycles. The van der Waals surface area contributed by atoms with Gasteiger partial charge in [-0.05, 0) is 13.3 Å². The maximum absolute atomic E-state index is 5.51. The van der Waals surface area contributed by atoms with Gasteiger partial charge in [0, 0.05) is 6.61 Å². The summed E-state index contributed by atoms with van der Waals surface area (Å²) in [5, 5.41) is 0. The molecular weight excluding hydrogens is 280 g/mol. The fraction of sp³-hybridized carbons (Fsp3) is 0.909. The second kappa shape index (κ2) is 21.7. The van der Waals surface area contributed by atoms with Gasteiger partial charge in [0.2, 0.25) is 0 Å². The average molecular weight is 325 g/mol. The van der Waals surface area contributed by atoms with Crippen LogP contribution in [0.25, 0.3) is 0 Å². The van der Waals surface area contributed by atoms with Gasteiger partial charge >= 0.3 is 0 Å². The Kier molecular flexibility index (Phi) is 21.4. The summed E-state index contributed by atoms with van der Waals surface area (Å²) in [5.74, 6) is 0. The van der Waals surface area contributed by atoms with E-state index in [1.54, 1.807) is 0 Å². The molecule has 0 saturated carbocycles. The van der Waals surface area contributed by atoms with E-state index >= 15 is 0 Å². The van der Waals surface area contributed by atoms with Crippen molar-refractivity contribution in [3.05, 3.63) is 12.2 Å². The Morgan fingerprint density at radius 3 is 1.35 bits per heavy atom. The van der Waals surface area contributed by atoms with E-state index in [2.05, 4.69) is 13.0 Å². The minimum absolute atomic E-state index is 0.787. The van der Waals surface area contributed by atoms with E-state index in [1.165, 1.54) is 103 Å². The van der Waals surface area contributed by atoms with Crippen molar-refractivity contribution >= 4 is 0 Å². The van der Waals surface area contributed by atoms with Crippen molar-refractivity contribution in [1.29, 1.82) is 0 Å². The molecule has 0 rings (SSSR count). The Morgan fingerprint density at radius 1 is 0.565 bits per heavy atom. The minimum Gasteiger partial charge on any atom is -0.377 e. The lowest BCUT2D eigenvalue weighted by Crippen LogP contribution is -1.94. The van der Waals surface area contributed by atoms with Crippen LogP contribution in [-0.2, 0) is 4.74 Å².